The van der Waals surface area contributed by atoms with Crippen molar-refractivity contribution in [2.45, 2.75) is 25.5 Å². The lowest BCUT2D eigenvalue weighted by Crippen LogP contribution is -2.15. The first-order valence-electron chi connectivity index (χ1n) is 5.38. The van der Waals surface area contributed by atoms with E-state index in [1.807, 2.05) is 0 Å². The maximum absolute atomic E-state index is 11.6. The number of hydrogen-bond acceptors (Lipinski definition) is 3. The van der Waals surface area contributed by atoms with Gasteiger partial charge in [0.15, 0.2) is 0 Å². The largest absolute Gasteiger partial charge is 0.399 e. The summed E-state index contributed by atoms with van der Waals surface area (Å²) < 4.78 is 0. The highest BCUT2D eigenvalue weighted by molar-refractivity contribution is 8.00. The molecule has 4 heteroatoms. The summed E-state index contributed by atoms with van der Waals surface area (Å²) in [4.78, 5) is 11.6. The molecule has 0 aliphatic carbocycles. The number of carbonyl (C=O) groups excluding carboxylic acids is 1. The molecule has 3 N–H and O–H groups in total. The smallest absolute Gasteiger partial charge is 0.234 e. The van der Waals surface area contributed by atoms with Gasteiger partial charge in [-0.15, -0.1) is 11.8 Å². The van der Waals surface area contributed by atoms with Crippen LogP contribution in [0.2, 0.25) is 0 Å². The van der Waals surface area contributed by atoms with Gasteiger partial charge >= 0.3 is 0 Å². The molecule has 1 atom stereocenters. The topological polar surface area (TPSA) is 55.1 Å². The molecule has 0 spiro atoms. The molecule has 1 aromatic rings. The number of benzene rings is 1. The van der Waals surface area contributed by atoms with Gasteiger partial charge in [-0.3, -0.25) is 4.79 Å². The molecule has 3 nitrogen and oxygen atoms in total. The van der Waals surface area contributed by atoms with E-state index in [-0.39, 0.29) is 5.91 Å². The molecule has 1 amide bonds. The molecule has 0 aliphatic rings. The molecule has 0 saturated heterocycles. The summed E-state index contributed by atoms with van der Waals surface area (Å²) in [6.45, 7) is 4.25. The van der Waals surface area contributed by atoms with Crippen LogP contribution >= 0.6 is 11.8 Å². The zero-order chi connectivity index (χ0) is 12.0. The number of carbonyl (C=O) groups is 1. The highest BCUT2D eigenvalue weighted by Gasteiger charge is 2.05. The summed E-state index contributed by atoms with van der Waals surface area (Å²) >= 11 is 1.67. The molecule has 0 bridgehead atoms. The van der Waals surface area contributed by atoms with Crippen molar-refractivity contribution in [1.82, 2.24) is 0 Å². The molecular formula is C12H18N2OS. The van der Waals surface area contributed by atoms with Crippen molar-refractivity contribution in [2.24, 2.45) is 0 Å². The third-order valence-corrected chi connectivity index (χ3v) is 3.60. The van der Waals surface area contributed by atoms with E-state index in [1.165, 1.54) is 0 Å². The number of hydrogen-bond donors (Lipinski definition) is 2. The Balaban J connectivity index is 2.37. The van der Waals surface area contributed by atoms with Crippen molar-refractivity contribution >= 4 is 29.0 Å². The van der Waals surface area contributed by atoms with Crippen LogP contribution in [0.4, 0.5) is 11.4 Å². The van der Waals surface area contributed by atoms with Crippen LogP contribution in [0.1, 0.15) is 20.3 Å². The first-order chi connectivity index (χ1) is 7.61. The Morgan fingerprint density at radius 3 is 2.62 bits per heavy atom. The molecule has 0 aliphatic heterocycles. The first-order valence-corrected chi connectivity index (χ1v) is 6.43. The normalized spacial score (nSPS) is 12.1. The fourth-order valence-corrected chi connectivity index (χ4v) is 1.84. The fourth-order valence-electron chi connectivity index (χ4n) is 1.10. The van der Waals surface area contributed by atoms with E-state index in [0.717, 1.165) is 12.1 Å². The molecule has 0 heterocycles. The van der Waals surface area contributed by atoms with Gasteiger partial charge in [0, 0.05) is 16.6 Å². The van der Waals surface area contributed by atoms with E-state index in [0.29, 0.717) is 16.7 Å². The van der Waals surface area contributed by atoms with Crippen LogP contribution in [0.25, 0.3) is 0 Å². The van der Waals surface area contributed by atoms with Crippen LogP contribution < -0.4 is 11.1 Å². The number of nitrogens with one attached hydrogen (secondary N) is 1. The number of anilines is 2. The molecular weight excluding hydrogens is 220 g/mol. The van der Waals surface area contributed by atoms with Crippen LogP contribution in [0, 0.1) is 0 Å². The number of nitrogens with two attached hydrogens (primary N) is 1. The summed E-state index contributed by atoms with van der Waals surface area (Å²) in [5.41, 5.74) is 7.05. The van der Waals surface area contributed by atoms with E-state index in [2.05, 4.69) is 19.2 Å². The highest BCUT2D eigenvalue weighted by Crippen LogP contribution is 2.15. The van der Waals surface area contributed by atoms with Crippen LogP contribution in [0.15, 0.2) is 24.3 Å². The summed E-state index contributed by atoms with van der Waals surface area (Å²) in [5.74, 6) is 0.536. The van der Waals surface area contributed by atoms with Crippen LogP contribution in [-0.4, -0.2) is 16.9 Å². The van der Waals surface area contributed by atoms with Gasteiger partial charge < -0.3 is 11.1 Å². The lowest BCUT2D eigenvalue weighted by molar-refractivity contribution is -0.113. The first kappa shape index (κ1) is 12.9. The Morgan fingerprint density at radius 2 is 2.06 bits per heavy atom. The van der Waals surface area contributed by atoms with Crippen molar-refractivity contribution in [3.05, 3.63) is 24.3 Å². The van der Waals surface area contributed by atoms with Gasteiger partial charge in [-0.25, -0.2) is 0 Å². The SMILES string of the molecule is CCC(C)SCC(=O)Nc1ccc(N)cc1. The van der Waals surface area contributed by atoms with E-state index < -0.39 is 0 Å². The average Bonchev–Trinajstić information content (AvgIpc) is 2.29. The van der Waals surface area contributed by atoms with Gasteiger partial charge in [0.05, 0.1) is 5.75 Å². The fraction of sp³-hybridized carbons (Fsp3) is 0.417. The van der Waals surface area contributed by atoms with Crippen molar-refractivity contribution in [3.8, 4) is 0 Å². The molecule has 0 fully saturated rings. The molecule has 88 valence electrons. The summed E-state index contributed by atoms with van der Waals surface area (Å²) in [6.07, 6.45) is 1.08. The maximum atomic E-state index is 11.6. The Hall–Kier alpha value is -1.16. The van der Waals surface area contributed by atoms with Crippen LogP contribution in [0.5, 0.6) is 0 Å². The minimum absolute atomic E-state index is 0.0371. The second kappa shape index (κ2) is 6.43. The molecule has 1 unspecified atom stereocenters. The van der Waals surface area contributed by atoms with Gasteiger partial charge in [0.2, 0.25) is 5.91 Å². The van der Waals surface area contributed by atoms with Gasteiger partial charge in [0.25, 0.3) is 0 Å². The van der Waals surface area contributed by atoms with E-state index in [1.54, 1.807) is 36.0 Å². The average molecular weight is 238 g/mol. The minimum atomic E-state index is 0.0371. The number of nitrogen functional groups attached to an aromatic ring is 1. The Morgan fingerprint density at radius 1 is 1.44 bits per heavy atom. The maximum Gasteiger partial charge on any atom is 0.234 e. The molecule has 0 saturated carbocycles. The zero-order valence-electron chi connectivity index (χ0n) is 9.69. The quantitative estimate of drug-likeness (QED) is 0.775. The molecule has 1 aromatic carbocycles. The molecule has 0 radical (unpaired) electrons. The number of amides is 1. The Kier molecular flexibility index (Phi) is 5.19. The van der Waals surface area contributed by atoms with Crippen molar-refractivity contribution in [1.29, 1.82) is 0 Å². The van der Waals surface area contributed by atoms with Crippen LogP contribution in [-0.2, 0) is 4.79 Å². The monoisotopic (exact) mass is 238 g/mol. The second-order valence-corrected chi connectivity index (χ2v) is 5.13. The molecule has 0 aromatic heterocycles. The lowest BCUT2D eigenvalue weighted by atomic mass is 10.3. The standard InChI is InChI=1S/C12H18N2OS/c1-3-9(2)16-8-12(15)14-11-6-4-10(13)5-7-11/h4-7,9H,3,8,13H2,1-2H3,(H,14,15). The van der Waals surface area contributed by atoms with Crippen molar-refractivity contribution in [3.63, 3.8) is 0 Å². The Labute approximate surface area is 101 Å². The van der Waals surface area contributed by atoms with Gasteiger partial charge in [-0.2, -0.15) is 0 Å². The van der Waals surface area contributed by atoms with Gasteiger partial charge in [-0.05, 0) is 30.7 Å². The predicted octanol–water partition coefficient (Wildman–Crippen LogP) is 2.74. The lowest BCUT2D eigenvalue weighted by Gasteiger charge is -2.08. The zero-order valence-corrected chi connectivity index (χ0v) is 10.5. The number of rotatable bonds is 5. The Bertz CT molecular complexity index is 337. The van der Waals surface area contributed by atoms with E-state index in [4.69, 9.17) is 5.73 Å². The van der Waals surface area contributed by atoms with Crippen molar-refractivity contribution in [2.75, 3.05) is 16.8 Å². The van der Waals surface area contributed by atoms with Gasteiger partial charge in [0.1, 0.15) is 0 Å². The summed E-state index contributed by atoms with van der Waals surface area (Å²) in [6, 6.07) is 7.16. The number of thioether (sulfide) groups is 1. The second-order valence-electron chi connectivity index (χ2n) is 3.70. The minimum Gasteiger partial charge on any atom is -0.399 e. The molecule has 1 rings (SSSR count). The summed E-state index contributed by atoms with van der Waals surface area (Å²) in [7, 11) is 0. The molecule has 16 heavy (non-hydrogen) atoms. The van der Waals surface area contributed by atoms with Gasteiger partial charge in [-0.1, -0.05) is 13.8 Å². The van der Waals surface area contributed by atoms with E-state index >= 15 is 0 Å². The highest BCUT2D eigenvalue weighted by atomic mass is 32.2. The predicted molar refractivity (Wildman–Crippen MR) is 71.7 cm³/mol. The van der Waals surface area contributed by atoms with Crippen LogP contribution in [0.3, 0.4) is 0 Å². The summed E-state index contributed by atoms with van der Waals surface area (Å²) in [5, 5.41) is 3.36. The third kappa shape index (κ3) is 4.57. The van der Waals surface area contributed by atoms with Crippen molar-refractivity contribution < 1.29 is 4.79 Å². The third-order valence-electron chi connectivity index (χ3n) is 2.27. The van der Waals surface area contributed by atoms with E-state index in [9.17, 15) is 4.79 Å².